The highest BCUT2D eigenvalue weighted by atomic mass is 15.6. The molecule has 0 fully saturated rings. The van der Waals surface area contributed by atoms with Crippen molar-refractivity contribution < 1.29 is 0 Å². The second-order valence-electron chi connectivity index (χ2n) is 2.06. The van der Waals surface area contributed by atoms with Gasteiger partial charge < -0.3 is 5.32 Å². The minimum Gasteiger partial charge on any atom is -0.371 e. The molecule has 1 aliphatic rings. The molecule has 0 aliphatic carbocycles. The molecular formula is C6H8N4. The lowest BCUT2D eigenvalue weighted by Crippen LogP contribution is -2.29. The van der Waals surface area contributed by atoms with Crippen LogP contribution in [-0.4, -0.2) is 16.3 Å². The molecule has 1 aliphatic heterocycles. The Kier molecular flexibility index (Phi) is 1.10. The summed E-state index contributed by atoms with van der Waals surface area (Å²) < 4.78 is 1.91. The van der Waals surface area contributed by atoms with Gasteiger partial charge in [0.05, 0.1) is 0 Å². The molecule has 0 saturated carbocycles. The van der Waals surface area contributed by atoms with Crippen LogP contribution in [-0.2, 0) is 0 Å². The van der Waals surface area contributed by atoms with Gasteiger partial charge in [0.2, 0.25) is 0 Å². The number of imidazole rings is 1. The van der Waals surface area contributed by atoms with Crippen LogP contribution in [0.1, 0.15) is 0 Å². The van der Waals surface area contributed by atoms with E-state index in [-0.39, 0.29) is 0 Å². The minimum atomic E-state index is 0.816. The highest BCUT2D eigenvalue weighted by Crippen LogP contribution is 1.93. The minimum absolute atomic E-state index is 0.816. The summed E-state index contributed by atoms with van der Waals surface area (Å²) in [7, 11) is 0. The molecule has 0 aromatic carbocycles. The van der Waals surface area contributed by atoms with Crippen LogP contribution in [0.2, 0.25) is 0 Å². The van der Waals surface area contributed by atoms with E-state index in [1.165, 1.54) is 0 Å². The molecule has 2 rings (SSSR count). The smallest absolute Gasteiger partial charge is 0.115 e. The van der Waals surface area contributed by atoms with E-state index in [4.69, 9.17) is 0 Å². The van der Waals surface area contributed by atoms with E-state index in [0.29, 0.717) is 0 Å². The zero-order valence-corrected chi connectivity index (χ0v) is 5.44. The van der Waals surface area contributed by atoms with Crippen LogP contribution in [0.4, 0.5) is 0 Å². The average Bonchev–Trinajstić information content (AvgIpc) is 2.59. The lowest BCUT2D eigenvalue weighted by Gasteiger charge is -2.14. The first-order chi connectivity index (χ1) is 4.97. The predicted octanol–water partition coefficient (Wildman–Crippen LogP) is -0.147. The van der Waals surface area contributed by atoms with Gasteiger partial charge in [0, 0.05) is 24.8 Å². The molecule has 2 heterocycles. The van der Waals surface area contributed by atoms with Crippen molar-refractivity contribution in [2.45, 2.75) is 0 Å². The maximum Gasteiger partial charge on any atom is 0.115 e. The van der Waals surface area contributed by atoms with Crippen molar-refractivity contribution in [3.63, 3.8) is 0 Å². The summed E-state index contributed by atoms with van der Waals surface area (Å²) in [5, 5.41) is 5.06. The van der Waals surface area contributed by atoms with Crippen molar-refractivity contribution in [3.8, 4) is 0 Å². The van der Waals surface area contributed by atoms with E-state index in [1.54, 1.807) is 12.5 Å². The molecule has 1 N–H and O–H groups in total. The van der Waals surface area contributed by atoms with E-state index in [0.717, 1.165) is 6.67 Å². The third kappa shape index (κ3) is 0.737. The van der Waals surface area contributed by atoms with Crippen molar-refractivity contribution in [1.29, 1.82) is 0 Å². The molecule has 0 spiro atoms. The third-order valence-corrected chi connectivity index (χ3v) is 1.40. The SMILES string of the molecule is C1=CN(n2ccnc2)CN1. The largest absolute Gasteiger partial charge is 0.371 e. The van der Waals surface area contributed by atoms with Gasteiger partial charge in [-0.15, -0.1) is 0 Å². The molecule has 0 bridgehead atoms. The number of hydrogen-bond donors (Lipinski definition) is 1. The quantitative estimate of drug-likeness (QED) is 0.583. The average molecular weight is 136 g/mol. The third-order valence-electron chi connectivity index (χ3n) is 1.40. The van der Waals surface area contributed by atoms with Crippen molar-refractivity contribution in [2.75, 3.05) is 11.7 Å². The Morgan fingerprint density at radius 1 is 1.50 bits per heavy atom. The van der Waals surface area contributed by atoms with E-state index in [9.17, 15) is 0 Å². The lowest BCUT2D eigenvalue weighted by molar-refractivity contribution is 0.684. The Bertz CT molecular complexity index is 226. The normalized spacial score (nSPS) is 15.8. The molecule has 4 nitrogen and oxygen atoms in total. The first kappa shape index (κ1) is 5.34. The van der Waals surface area contributed by atoms with E-state index in [1.807, 2.05) is 28.3 Å². The Balaban J connectivity index is 2.20. The van der Waals surface area contributed by atoms with Gasteiger partial charge in [0.25, 0.3) is 0 Å². The first-order valence-electron chi connectivity index (χ1n) is 3.12. The number of nitrogens with one attached hydrogen (secondary N) is 1. The fourth-order valence-electron chi connectivity index (χ4n) is 0.900. The van der Waals surface area contributed by atoms with Crippen molar-refractivity contribution in [2.24, 2.45) is 0 Å². The summed E-state index contributed by atoms with van der Waals surface area (Å²) in [6, 6.07) is 0. The summed E-state index contributed by atoms with van der Waals surface area (Å²) in [5.41, 5.74) is 0. The molecule has 0 amide bonds. The highest BCUT2D eigenvalue weighted by Gasteiger charge is 2.02. The van der Waals surface area contributed by atoms with Gasteiger partial charge in [0.15, 0.2) is 0 Å². The molecule has 4 heteroatoms. The summed E-state index contributed by atoms with van der Waals surface area (Å²) >= 11 is 0. The number of hydrogen-bond acceptors (Lipinski definition) is 3. The van der Waals surface area contributed by atoms with Crippen LogP contribution in [0.15, 0.2) is 31.1 Å². The molecule has 52 valence electrons. The van der Waals surface area contributed by atoms with Crippen LogP contribution in [0.3, 0.4) is 0 Å². The van der Waals surface area contributed by atoms with Crippen LogP contribution in [0, 0.1) is 0 Å². The standard InChI is InChI=1S/C6H8N4/c1-3-9(5-7-1)10-4-2-8-6-10/h1-5,8H,6H2. The van der Waals surface area contributed by atoms with Crippen molar-refractivity contribution in [1.82, 2.24) is 15.0 Å². The number of aromatic nitrogens is 2. The fraction of sp³-hybridized carbons (Fsp3) is 0.167. The second-order valence-corrected chi connectivity index (χ2v) is 2.06. The zero-order valence-electron chi connectivity index (χ0n) is 5.44. The fourth-order valence-corrected chi connectivity index (χ4v) is 0.900. The van der Waals surface area contributed by atoms with E-state index >= 15 is 0 Å². The van der Waals surface area contributed by atoms with Crippen LogP contribution in [0.25, 0.3) is 0 Å². The van der Waals surface area contributed by atoms with Crippen molar-refractivity contribution >= 4 is 0 Å². The maximum atomic E-state index is 3.93. The molecule has 1 aromatic rings. The molecule has 0 radical (unpaired) electrons. The van der Waals surface area contributed by atoms with Crippen molar-refractivity contribution in [3.05, 3.63) is 31.1 Å². The summed E-state index contributed by atoms with van der Waals surface area (Å²) in [6.07, 6.45) is 9.28. The molecule has 1 aromatic heterocycles. The lowest BCUT2D eigenvalue weighted by atomic mass is 10.9. The summed E-state index contributed by atoms with van der Waals surface area (Å²) in [5.74, 6) is 0. The predicted molar refractivity (Wildman–Crippen MR) is 37.6 cm³/mol. The Labute approximate surface area is 58.7 Å². The van der Waals surface area contributed by atoms with Gasteiger partial charge in [-0.1, -0.05) is 0 Å². The van der Waals surface area contributed by atoms with Crippen LogP contribution in [0.5, 0.6) is 0 Å². The number of nitrogens with zero attached hydrogens (tertiary/aromatic N) is 3. The Morgan fingerprint density at radius 3 is 3.10 bits per heavy atom. The first-order valence-corrected chi connectivity index (χ1v) is 3.12. The highest BCUT2D eigenvalue weighted by molar-refractivity contribution is 5.06. The summed E-state index contributed by atoms with van der Waals surface area (Å²) in [6.45, 7) is 0.816. The molecule has 10 heavy (non-hydrogen) atoms. The molecular weight excluding hydrogens is 128 g/mol. The molecule has 0 atom stereocenters. The van der Waals surface area contributed by atoms with Gasteiger partial charge in [0.1, 0.15) is 13.0 Å². The topological polar surface area (TPSA) is 33.1 Å². The van der Waals surface area contributed by atoms with Gasteiger partial charge in [-0.3, -0.25) is 5.01 Å². The molecule has 0 unspecified atom stereocenters. The van der Waals surface area contributed by atoms with Crippen LogP contribution >= 0.6 is 0 Å². The number of rotatable bonds is 1. The zero-order chi connectivity index (χ0) is 6.81. The van der Waals surface area contributed by atoms with Crippen LogP contribution < -0.4 is 10.3 Å². The second kappa shape index (κ2) is 2.06. The van der Waals surface area contributed by atoms with Gasteiger partial charge in [-0.05, 0) is 0 Å². The summed E-state index contributed by atoms with van der Waals surface area (Å²) in [4.78, 5) is 3.93. The van der Waals surface area contributed by atoms with Gasteiger partial charge >= 0.3 is 0 Å². The van der Waals surface area contributed by atoms with Gasteiger partial charge in [-0.25, -0.2) is 9.66 Å². The molecule has 0 saturated heterocycles. The van der Waals surface area contributed by atoms with Gasteiger partial charge in [-0.2, -0.15) is 0 Å². The maximum absolute atomic E-state index is 3.93. The van der Waals surface area contributed by atoms with E-state index in [2.05, 4.69) is 10.3 Å². The Morgan fingerprint density at radius 2 is 2.50 bits per heavy atom. The van der Waals surface area contributed by atoms with E-state index < -0.39 is 0 Å². The Hall–Kier alpha value is -1.45. The monoisotopic (exact) mass is 136 g/mol.